The van der Waals surface area contributed by atoms with Crippen LogP contribution < -0.4 is 0 Å². The number of hydrogen-bond acceptors (Lipinski definition) is 9. The normalized spacial score (nSPS) is 20.3. The Balaban J connectivity index is 1.43. The molecule has 208 valence electrons. The van der Waals surface area contributed by atoms with E-state index < -0.39 is 23.6 Å². The second-order valence-corrected chi connectivity index (χ2v) is 14.1. The van der Waals surface area contributed by atoms with Gasteiger partial charge in [-0.3, -0.25) is 29.0 Å². The fraction of sp³-hybridized carbons (Fsp3) is 0.226. The van der Waals surface area contributed by atoms with Crippen molar-refractivity contribution in [1.29, 1.82) is 10.5 Å². The lowest BCUT2D eigenvalue weighted by Gasteiger charge is -2.23. The first-order valence-corrected chi connectivity index (χ1v) is 15.3. The maximum Gasteiger partial charge on any atom is 0.271 e. The van der Waals surface area contributed by atoms with Crippen LogP contribution in [0.5, 0.6) is 0 Å². The van der Waals surface area contributed by atoms with E-state index in [0.29, 0.717) is 22.3 Å². The number of carbonyl (C=O) groups is 4. The maximum atomic E-state index is 12.9. The Kier molecular flexibility index (Phi) is 6.14. The van der Waals surface area contributed by atoms with Gasteiger partial charge in [0.2, 0.25) is 0 Å². The molecule has 0 bridgehead atoms. The van der Waals surface area contributed by atoms with Crippen molar-refractivity contribution in [3.63, 3.8) is 0 Å². The fourth-order valence-corrected chi connectivity index (χ4v) is 9.95. The number of nitriles is 2. The summed E-state index contributed by atoms with van der Waals surface area (Å²) in [7, 11) is 2.77. The van der Waals surface area contributed by atoms with Gasteiger partial charge in [0, 0.05) is 50.0 Å². The highest BCUT2D eigenvalue weighted by Gasteiger charge is 2.42. The number of carbonyl (C=O) groups excluding carboxylic acids is 4. The van der Waals surface area contributed by atoms with Crippen molar-refractivity contribution in [1.82, 2.24) is 9.80 Å². The van der Waals surface area contributed by atoms with Gasteiger partial charge in [0.1, 0.15) is 23.3 Å². The molecule has 0 saturated heterocycles. The highest BCUT2D eigenvalue weighted by molar-refractivity contribution is 7.32. The lowest BCUT2D eigenvalue weighted by molar-refractivity contribution is -0.140. The molecule has 0 atom stereocenters. The predicted molar refractivity (Wildman–Crippen MR) is 163 cm³/mol. The second kappa shape index (κ2) is 9.30. The van der Waals surface area contributed by atoms with E-state index in [0.717, 1.165) is 39.4 Å². The Morgan fingerprint density at radius 3 is 1.74 bits per heavy atom. The predicted octanol–water partition coefficient (Wildman–Crippen LogP) is 5.77. The summed E-state index contributed by atoms with van der Waals surface area (Å²) < 4.78 is 2.21. The Labute approximate surface area is 253 Å². The molecule has 4 amide bonds. The average molecular weight is 611 g/mol. The van der Waals surface area contributed by atoms with Crippen LogP contribution in [-0.2, 0) is 24.6 Å². The summed E-state index contributed by atoms with van der Waals surface area (Å²) in [6.07, 6.45) is 3.53. The van der Waals surface area contributed by atoms with Gasteiger partial charge in [0.15, 0.2) is 0 Å². The quantitative estimate of drug-likeness (QED) is 0.268. The number of likely N-dealkylation sites (N-methyl/N-ethyl adjacent to an activating group) is 2. The third kappa shape index (κ3) is 3.68. The molecule has 0 aromatic carbocycles. The third-order valence-electron chi connectivity index (χ3n) is 8.10. The van der Waals surface area contributed by atoms with Gasteiger partial charge in [0.25, 0.3) is 23.6 Å². The van der Waals surface area contributed by atoms with Crippen molar-refractivity contribution in [3.05, 3.63) is 66.5 Å². The van der Waals surface area contributed by atoms with Crippen LogP contribution in [0.15, 0.2) is 45.6 Å². The van der Waals surface area contributed by atoms with Gasteiger partial charge in [-0.15, -0.1) is 34.0 Å². The topological polar surface area (TPSA) is 122 Å². The molecule has 1 aliphatic carbocycles. The molecule has 8 nitrogen and oxygen atoms in total. The number of thiophene rings is 3. The molecule has 0 saturated carbocycles. The minimum Gasteiger partial charge on any atom is -0.277 e. The molecule has 3 aromatic rings. The Hall–Kier alpha value is -4.42. The van der Waals surface area contributed by atoms with Gasteiger partial charge in [-0.2, -0.15) is 10.5 Å². The molecule has 3 aliphatic rings. The van der Waals surface area contributed by atoms with Gasteiger partial charge in [0.05, 0.1) is 9.58 Å². The summed E-state index contributed by atoms with van der Waals surface area (Å²) in [6.45, 7) is 7.59. The zero-order chi connectivity index (χ0) is 30.4. The van der Waals surface area contributed by atoms with E-state index in [2.05, 4.69) is 19.9 Å². The number of imide groups is 2. The maximum absolute atomic E-state index is 12.9. The van der Waals surface area contributed by atoms with E-state index in [1.165, 1.54) is 24.5 Å². The Bertz CT molecular complexity index is 2060. The molecular formula is C31H22N4O4S3. The Morgan fingerprint density at radius 2 is 1.24 bits per heavy atom. The molecule has 42 heavy (non-hydrogen) atoms. The van der Waals surface area contributed by atoms with Gasteiger partial charge >= 0.3 is 0 Å². The molecule has 2 aliphatic heterocycles. The van der Waals surface area contributed by atoms with E-state index in [1.54, 1.807) is 60.0 Å². The van der Waals surface area contributed by atoms with Crippen LogP contribution in [0.4, 0.5) is 0 Å². The highest BCUT2D eigenvalue weighted by atomic mass is 32.1. The first-order chi connectivity index (χ1) is 19.8. The van der Waals surface area contributed by atoms with Crippen molar-refractivity contribution >= 4 is 79.2 Å². The molecular weight excluding hydrogens is 589 g/mol. The van der Waals surface area contributed by atoms with Crippen molar-refractivity contribution in [2.75, 3.05) is 14.1 Å². The standard InChI is InChI=1S/C31H22N4O4S3/c1-13-17(27(36)34(5)29(38)19(13)11-32)7-15-9-21-24(40-15)26-23(31(21,3)4)25-22(42-26)10-16(41-25)8-18-14(2)20(12-33)30(39)35(6)28(18)37/h7-10H,1-6H3/b17-7+,18-8+. The molecule has 5 heterocycles. The number of amides is 4. The van der Waals surface area contributed by atoms with Crippen molar-refractivity contribution in [2.45, 2.75) is 33.1 Å². The van der Waals surface area contributed by atoms with Crippen LogP contribution in [0.3, 0.4) is 0 Å². The minimum atomic E-state index is -0.588. The van der Waals surface area contributed by atoms with Crippen LogP contribution in [-0.4, -0.2) is 47.5 Å². The SMILES string of the molecule is CC1=C(C#N)C(=O)N(C)C(=O)/C1=C/c1cc2c(s1)-c1sc3cc(/C=C4/C(=O)N(C)C(=O)C(C#N)=C4C)sc3c1C2(C)C. The first-order valence-electron chi connectivity index (χ1n) is 12.8. The third-order valence-corrected chi connectivity index (χ3v) is 11.7. The van der Waals surface area contributed by atoms with Gasteiger partial charge in [-0.25, -0.2) is 0 Å². The van der Waals surface area contributed by atoms with Crippen LogP contribution in [0.2, 0.25) is 0 Å². The highest BCUT2D eigenvalue weighted by Crippen LogP contribution is 2.59. The van der Waals surface area contributed by atoms with E-state index in [4.69, 9.17) is 0 Å². The van der Waals surface area contributed by atoms with Gasteiger partial charge < -0.3 is 0 Å². The zero-order valence-corrected chi connectivity index (χ0v) is 25.9. The summed E-state index contributed by atoms with van der Waals surface area (Å²) in [6, 6.07) is 7.99. The smallest absolute Gasteiger partial charge is 0.271 e. The van der Waals surface area contributed by atoms with Crippen molar-refractivity contribution in [3.8, 4) is 21.9 Å². The summed E-state index contributed by atoms with van der Waals surface area (Å²) in [5.74, 6) is -2.03. The second-order valence-electron chi connectivity index (χ2n) is 10.8. The van der Waals surface area contributed by atoms with Crippen molar-refractivity contribution < 1.29 is 19.2 Å². The number of hydrogen-bond donors (Lipinski definition) is 0. The molecule has 6 rings (SSSR count). The summed E-state index contributed by atoms with van der Waals surface area (Å²) >= 11 is 4.83. The molecule has 0 N–H and O–H groups in total. The zero-order valence-electron chi connectivity index (χ0n) is 23.5. The summed E-state index contributed by atoms with van der Waals surface area (Å²) in [4.78, 5) is 56.5. The largest absolute Gasteiger partial charge is 0.277 e. The monoisotopic (exact) mass is 610 g/mol. The van der Waals surface area contributed by atoms with E-state index in [9.17, 15) is 29.7 Å². The number of nitrogens with zero attached hydrogens (tertiary/aromatic N) is 4. The van der Waals surface area contributed by atoms with Gasteiger partial charge in [-0.05, 0) is 60.4 Å². The molecule has 11 heteroatoms. The molecule has 0 spiro atoms. The fourth-order valence-electron chi connectivity index (χ4n) is 5.63. The molecule has 3 aromatic heterocycles. The van der Waals surface area contributed by atoms with Gasteiger partial charge in [-0.1, -0.05) is 13.8 Å². The lowest BCUT2D eigenvalue weighted by Crippen LogP contribution is -2.39. The number of fused-ring (bicyclic) bond motifs is 5. The first kappa shape index (κ1) is 27.7. The van der Waals surface area contributed by atoms with Crippen LogP contribution in [0.1, 0.15) is 48.6 Å². The Morgan fingerprint density at radius 1 is 0.738 bits per heavy atom. The minimum absolute atomic E-state index is 0.0259. The number of rotatable bonds is 2. The molecule has 0 radical (unpaired) electrons. The van der Waals surface area contributed by atoms with Crippen LogP contribution in [0.25, 0.3) is 31.3 Å². The van der Waals surface area contributed by atoms with Crippen LogP contribution >= 0.6 is 34.0 Å². The van der Waals surface area contributed by atoms with Crippen molar-refractivity contribution in [2.24, 2.45) is 0 Å². The lowest BCUT2D eigenvalue weighted by atomic mass is 9.83. The summed E-state index contributed by atoms with van der Waals surface area (Å²) in [5.41, 5.74) is 3.43. The molecule has 0 fully saturated rings. The summed E-state index contributed by atoms with van der Waals surface area (Å²) in [5, 5.41) is 19.0. The van der Waals surface area contributed by atoms with E-state index in [1.807, 2.05) is 18.2 Å². The molecule has 0 unspecified atom stereocenters. The van der Waals surface area contributed by atoms with E-state index >= 15 is 0 Å². The average Bonchev–Trinajstić information content (AvgIpc) is 3.67. The van der Waals surface area contributed by atoms with Crippen LogP contribution in [0, 0.1) is 22.7 Å². The van der Waals surface area contributed by atoms with E-state index in [-0.39, 0.29) is 16.6 Å².